The highest BCUT2D eigenvalue weighted by molar-refractivity contribution is 7.89. The molecule has 2 unspecified atom stereocenters. The number of halogens is 3. The lowest BCUT2D eigenvalue weighted by molar-refractivity contribution is 0.573. The molecule has 31 heavy (non-hydrogen) atoms. The molecule has 1 aliphatic heterocycles. The summed E-state index contributed by atoms with van der Waals surface area (Å²) < 4.78 is 30.3. The lowest BCUT2D eigenvalue weighted by Gasteiger charge is -2.20. The molecule has 0 spiro atoms. The number of nitrogens with one attached hydrogen (secondary N) is 2. The van der Waals surface area contributed by atoms with Crippen molar-refractivity contribution in [2.24, 2.45) is 12.1 Å². The quantitative estimate of drug-likeness (QED) is 0.524. The van der Waals surface area contributed by atoms with E-state index in [2.05, 4.69) is 20.2 Å². The first kappa shape index (κ1) is 22.1. The van der Waals surface area contributed by atoms with E-state index in [9.17, 15) is 8.42 Å². The van der Waals surface area contributed by atoms with Gasteiger partial charge in [-0.1, -0.05) is 53.0 Å². The fourth-order valence-electron chi connectivity index (χ4n) is 3.32. The van der Waals surface area contributed by atoms with Crippen LogP contribution in [0.1, 0.15) is 29.6 Å². The van der Waals surface area contributed by atoms with E-state index < -0.39 is 16.1 Å². The Morgan fingerprint density at radius 1 is 1.13 bits per heavy atom. The van der Waals surface area contributed by atoms with Gasteiger partial charge in [-0.05, 0) is 35.4 Å². The Morgan fingerprint density at radius 2 is 1.84 bits per heavy atom. The highest BCUT2D eigenvalue weighted by Gasteiger charge is 2.33. The number of hydrogen-bond acceptors (Lipinski definition) is 5. The molecule has 2 atom stereocenters. The first-order valence-corrected chi connectivity index (χ1v) is 11.9. The Hall–Kier alpha value is -2.10. The lowest BCUT2D eigenvalue weighted by atomic mass is 9.96. The molecule has 162 valence electrons. The standard InChI is InChI=1S/C20H18Cl3N5O2S/c1-28-10-19(24-11-28)31(29,30)27-20(15-7-6-14(22)8-16(15)23)18-9-17(25-26-18)12-2-4-13(21)5-3-12/h2-8,10-11,17,20,25,27H,9H2,1H3. The number of imidazole rings is 1. The fourth-order valence-corrected chi connectivity index (χ4v) is 5.15. The van der Waals surface area contributed by atoms with Crippen LogP contribution in [0.3, 0.4) is 0 Å². The molecular weight excluding hydrogens is 481 g/mol. The van der Waals surface area contributed by atoms with Gasteiger partial charge in [-0.3, -0.25) is 0 Å². The summed E-state index contributed by atoms with van der Waals surface area (Å²) in [6, 6.07) is 11.4. The van der Waals surface area contributed by atoms with Crippen LogP contribution in [0, 0.1) is 0 Å². The number of hydrogen-bond donors (Lipinski definition) is 2. The van der Waals surface area contributed by atoms with Crippen LogP contribution in [0.15, 0.2) is 65.1 Å². The Bertz CT molecular complexity index is 1240. The maximum absolute atomic E-state index is 13.0. The van der Waals surface area contributed by atoms with E-state index in [1.54, 1.807) is 41.9 Å². The molecule has 0 amide bonds. The van der Waals surface area contributed by atoms with Crippen LogP contribution >= 0.6 is 34.8 Å². The monoisotopic (exact) mass is 497 g/mol. The van der Waals surface area contributed by atoms with E-state index in [-0.39, 0.29) is 11.1 Å². The Balaban J connectivity index is 1.67. The normalized spacial score (nSPS) is 17.3. The minimum absolute atomic E-state index is 0.0918. The topological polar surface area (TPSA) is 88.4 Å². The summed E-state index contributed by atoms with van der Waals surface area (Å²) in [5, 5.41) is 5.75. The number of rotatable bonds is 6. The van der Waals surface area contributed by atoms with E-state index in [0.29, 0.717) is 32.8 Å². The van der Waals surface area contributed by atoms with Crippen molar-refractivity contribution in [3.05, 3.63) is 81.2 Å². The van der Waals surface area contributed by atoms with Gasteiger partial charge in [-0.25, -0.2) is 13.4 Å². The molecule has 11 heteroatoms. The van der Waals surface area contributed by atoms with Gasteiger partial charge in [0, 0.05) is 34.7 Å². The molecule has 1 aromatic heterocycles. The minimum Gasteiger partial charge on any atom is -0.339 e. The van der Waals surface area contributed by atoms with Crippen LogP contribution in [0.2, 0.25) is 15.1 Å². The zero-order chi connectivity index (χ0) is 22.2. The summed E-state index contributed by atoms with van der Waals surface area (Å²) in [7, 11) is -2.24. The van der Waals surface area contributed by atoms with Gasteiger partial charge in [0.2, 0.25) is 0 Å². The van der Waals surface area contributed by atoms with Crippen molar-refractivity contribution in [2.45, 2.75) is 23.5 Å². The summed E-state index contributed by atoms with van der Waals surface area (Å²) >= 11 is 18.4. The second-order valence-electron chi connectivity index (χ2n) is 7.14. The van der Waals surface area contributed by atoms with Crippen molar-refractivity contribution < 1.29 is 8.42 Å². The van der Waals surface area contributed by atoms with Crippen LogP contribution in [-0.2, 0) is 17.1 Å². The third-order valence-electron chi connectivity index (χ3n) is 4.89. The largest absolute Gasteiger partial charge is 0.339 e. The average molecular weight is 499 g/mol. The van der Waals surface area contributed by atoms with E-state index in [0.717, 1.165) is 5.56 Å². The maximum atomic E-state index is 13.0. The zero-order valence-corrected chi connectivity index (χ0v) is 19.3. The second-order valence-corrected chi connectivity index (χ2v) is 10.1. The average Bonchev–Trinajstić information content (AvgIpc) is 3.37. The molecule has 0 radical (unpaired) electrons. The predicted molar refractivity (Wildman–Crippen MR) is 122 cm³/mol. The van der Waals surface area contributed by atoms with Crippen LogP contribution < -0.4 is 10.1 Å². The van der Waals surface area contributed by atoms with Crippen LogP contribution in [-0.4, -0.2) is 23.7 Å². The van der Waals surface area contributed by atoms with Gasteiger partial charge >= 0.3 is 0 Å². The number of aryl methyl sites for hydroxylation is 1. The van der Waals surface area contributed by atoms with E-state index in [1.807, 2.05) is 12.1 Å². The Morgan fingerprint density at radius 3 is 2.48 bits per heavy atom. The van der Waals surface area contributed by atoms with Crippen molar-refractivity contribution in [3.8, 4) is 0 Å². The molecule has 4 rings (SSSR count). The van der Waals surface area contributed by atoms with Gasteiger partial charge in [0.25, 0.3) is 10.0 Å². The van der Waals surface area contributed by atoms with Crippen molar-refractivity contribution >= 4 is 50.5 Å². The first-order chi connectivity index (χ1) is 14.7. The molecule has 0 saturated carbocycles. The van der Waals surface area contributed by atoms with Crippen LogP contribution in [0.4, 0.5) is 0 Å². The molecule has 0 aliphatic carbocycles. The van der Waals surface area contributed by atoms with Gasteiger partial charge in [-0.2, -0.15) is 9.82 Å². The Labute approximate surface area is 195 Å². The molecule has 3 aromatic rings. The molecule has 0 saturated heterocycles. The van der Waals surface area contributed by atoms with Gasteiger partial charge in [0.1, 0.15) is 0 Å². The van der Waals surface area contributed by atoms with Gasteiger partial charge in [0.15, 0.2) is 5.03 Å². The molecule has 7 nitrogen and oxygen atoms in total. The molecule has 2 N–H and O–H groups in total. The van der Waals surface area contributed by atoms with E-state index >= 15 is 0 Å². The predicted octanol–water partition coefficient (Wildman–Crippen LogP) is 4.49. The number of hydrazone groups is 1. The minimum atomic E-state index is -3.94. The molecule has 2 aromatic carbocycles. The highest BCUT2D eigenvalue weighted by Crippen LogP contribution is 2.33. The van der Waals surface area contributed by atoms with Crippen LogP contribution in [0.5, 0.6) is 0 Å². The fraction of sp³-hybridized carbons (Fsp3) is 0.200. The summed E-state index contributed by atoms with van der Waals surface area (Å²) in [6.45, 7) is 0. The van der Waals surface area contributed by atoms with Crippen molar-refractivity contribution in [1.29, 1.82) is 0 Å². The smallest absolute Gasteiger partial charge is 0.260 e. The number of aromatic nitrogens is 2. The Kier molecular flexibility index (Phi) is 6.27. The molecule has 0 fully saturated rings. The summed E-state index contributed by atoms with van der Waals surface area (Å²) in [5.41, 5.74) is 5.19. The van der Waals surface area contributed by atoms with Crippen molar-refractivity contribution in [3.63, 3.8) is 0 Å². The molecule has 2 heterocycles. The number of nitrogens with zero attached hydrogens (tertiary/aromatic N) is 3. The molecular formula is C20H18Cl3N5O2S. The van der Waals surface area contributed by atoms with Crippen molar-refractivity contribution in [2.75, 3.05) is 0 Å². The molecule has 0 bridgehead atoms. The van der Waals surface area contributed by atoms with Crippen LogP contribution in [0.25, 0.3) is 0 Å². The molecule has 1 aliphatic rings. The van der Waals surface area contributed by atoms with Gasteiger partial charge < -0.3 is 9.99 Å². The van der Waals surface area contributed by atoms with E-state index in [1.165, 1.54) is 12.5 Å². The van der Waals surface area contributed by atoms with Gasteiger partial charge in [-0.15, -0.1) is 0 Å². The zero-order valence-electron chi connectivity index (χ0n) is 16.3. The SMILES string of the molecule is Cn1cnc(S(=O)(=O)NC(C2=NNC(c3ccc(Cl)cc3)C2)c2ccc(Cl)cc2Cl)c1. The summed E-state index contributed by atoms with van der Waals surface area (Å²) in [5.74, 6) is 0. The second kappa shape index (κ2) is 8.80. The third kappa shape index (κ3) is 4.88. The third-order valence-corrected chi connectivity index (χ3v) is 7.01. The van der Waals surface area contributed by atoms with E-state index in [4.69, 9.17) is 34.8 Å². The lowest BCUT2D eigenvalue weighted by Crippen LogP contribution is -2.34. The maximum Gasteiger partial charge on any atom is 0.260 e. The first-order valence-electron chi connectivity index (χ1n) is 9.25. The summed E-state index contributed by atoms with van der Waals surface area (Å²) in [4.78, 5) is 3.96. The summed E-state index contributed by atoms with van der Waals surface area (Å²) in [6.07, 6.45) is 3.31. The number of benzene rings is 2. The number of sulfonamides is 1. The van der Waals surface area contributed by atoms with Crippen molar-refractivity contribution in [1.82, 2.24) is 19.7 Å². The van der Waals surface area contributed by atoms with Gasteiger partial charge in [0.05, 0.1) is 24.1 Å². The highest BCUT2D eigenvalue weighted by atomic mass is 35.5.